The van der Waals surface area contributed by atoms with Crippen LogP contribution in [0.3, 0.4) is 0 Å². The Labute approximate surface area is 160 Å². The van der Waals surface area contributed by atoms with Gasteiger partial charge in [0.05, 0.1) is 6.17 Å². The predicted molar refractivity (Wildman–Crippen MR) is 107 cm³/mol. The number of nitrogens with zero attached hydrogens (tertiary/aromatic N) is 2. The van der Waals surface area contributed by atoms with E-state index in [0.29, 0.717) is 11.9 Å². The largest absolute Gasteiger partial charge is 0.412 e. The predicted octanol–water partition coefficient (Wildman–Crippen LogP) is 3.39. The summed E-state index contributed by atoms with van der Waals surface area (Å²) in [6, 6.07) is 16.7. The number of nitrogens with one attached hydrogen (secondary N) is 1. The van der Waals surface area contributed by atoms with Gasteiger partial charge in [0.1, 0.15) is 5.75 Å². The maximum Gasteiger partial charge on any atom is 0.412 e. The zero-order valence-electron chi connectivity index (χ0n) is 16.2. The van der Waals surface area contributed by atoms with Crippen LogP contribution < -0.4 is 15.0 Å². The number of fused-ring (bicyclic) bond motifs is 3. The van der Waals surface area contributed by atoms with Crippen molar-refractivity contribution in [2.24, 2.45) is 0 Å². The smallest absolute Gasteiger partial charge is 0.410 e. The van der Waals surface area contributed by atoms with Gasteiger partial charge in [-0.2, -0.15) is 0 Å². The number of likely N-dealkylation sites (N-methyl/N-ethyl adjacent to an activating group) is 1. The van der Waals surface area contributed by atoms with Crippen LogP contribution in [0.4, 0.5) is 10.5 Å². The van der Waals surface area contributed by atoms with Gasteiger partial charge in [0.25, 0.3) is 0 Å². The van der Waals surface area contributed by atoms with Crippen LogP contribution in [-0.2, 0) is 11.8 Å². The van der Waals surface area contributed by atoms with Gasteiger partial charge >= 0.3 is 6.09 Å². The van der Waals surface area contributed by atoms with Crippen molar-refractivity contribution in [1.29, 1.82) is 0 Å². The van der Waals surface area contributed by atoms with Crippen molar-refractivity contribution in [2.75, 3.05) is 32.1 Å². The highest BCUT2D eigenvalue weighted by molar-refractivity contribution is 5.72. The molecule has 1 saturated heterocycles. The maximum absolute atomic E-state index is 11.6. The lowest BCUT2D eigenvalue weighted by molar-refractivity contribution is 0.202. The summed E-state index contributed by atoms with van der Waals surface area (Å²) in [6.07, 6.45) is 2.07. The van der Waals surface area contributed by atoms with Crippen molar-refractivity contribution in [3.05, 3.63) is 59.7 Å². The van der Waals surface area contributed by atoms with Crippen molar-refractivity contribution < 1.29 is 9.53 Å². The highest BCUT2D eigenvalue weighted by Gasteiger charge is 2.53. The first kappa shape index (κ1) is 17.9. The summed E-state index contributed by atoms with van der Waals surface area (Å²) in [5.74, 6) is 0.603. The SMILES string of the molecule is CNC(=O)Oc1ccc2c(c1)[C@]1(C)CCN(CCc3ccccc3)C1N2C. The molecule has 0 saturated carbocycles. The zero-order chi connectivity index (χ0) is 19.0. The average Bonchev–Trinajstić information content (AvgIpc) is 3.13. The molecule has 1 unspecified atom stereocenters. The summed E-state index contributed by atoms with van der Waals surface area (Å²) in [6.45, 7) is 4.47. The molecule has 1 fully saturated rings. The molecule has 0 aliphatic carbocycles. The Kier molecular flexibility index (Phi) is 4.56. The minimum Gasteiger partial charge on any atom is -0.410 e. The van der Waals surface area contributed by atoms with Crippen LogP contribution in [0.25, 0.3) is 0 Å². The lowest BCUT2D eigenvalue weighted by Gasteiger charge is -2.34. The Balaban J connectivity index is 1.55. The monoisotopic (exact) mass is 365 g/mol. The molecular formula is C22H27N3O2. The first-order valence-corrected chi connectivity index (χ1v) is 9.58. The molecule has 0 aromatic heterocycles. The molecule has 2 heterocycles. The third-order valence-corrected chi connectivity index (χ3v) is 6.11. The summed E-state index contributed by atoms with van der Waals surface area (Å²) in [5, 5.41) is 2.51. The van der Waals surface area contributed by atoms with Crippen LogP contribution in [0.15, 0.2) is 48.5 Å². The summed E-state index contributed by atoms with van der Waals surface area (Å²) >= 11 is 0. The molecular weight excluding hydrogens is 338 g/mol. The van der Waals surface area contributed by atoms with E-state index >= 15 is 0 Å². The molecule has 2 aliphatic heterocycles. The van der Waals surface area contributed by atoms with Crippen molar-refractivity contribution >= 4 is 11.8 Å². The molecule has 27 heavy (non-hydrogen) atoms. The Bertz CT molecular complexity index is 839. The normalized spacial score (nSPS) is 23.8. The quantitative estimate of drug-likeness (QED) is 0.902. The van der Waals surface area contributed by atoms with Gasteiger partial charge in [0, 0.05) is 38.3 Å². The number of likely N-dealkylation sites (tertiary alicyclic amines) is 1. The molecule has 1 N–H and O–H groups in total. The van der Waals surface area contributed by atoms with Crippen LogP contribution in [-0.4, -0.2) is 44.3 Å². The molecule has 1 amide bonds. The van der Waals surface area contributed by atoms with Gasteiger partial charge in [-0.25, -0.2) is 4.79 Å². The number of hydrogen-bond donors (Lipinski definition) is 1. The first-order valence-electron chi connectivity index (χ1n) is 9.58. The van der Waals surface area contributed by atoms with E-state index in [4.69, 9.17) is 4.74 Å². The number of carbonyl (C=O) groups is 1. The molecule has 2 atom stereocenters. The van der Waals surface area contributed by atoms with Crippen LogP contribution in [0.5, 0.6) is 5.75 Å². The second kappa shape index (κ2) is 6.89. The average molecular weight is 365 g/mol. The number of amides is 1. The van der Waals surface area contributed by atoms with Gasteiger partial charge in [-0.05, 0) is 42.2 Å². The van der Waals surface area contributed by atoms with E-state index in [0.717, 1.165) is 25.9 Å². The topological polar surface area (TPSA) is 44.8 Å². The lowest BCUT2D eigenvalue weighted by atomic mass is 9.81. The lowest BCUT2D eigenvalue weighted by Crippen LogP contribution is -2.47. The second-order valence-corrected chi connectivity index (χ2v) is 7.74. The van der Waals surface area contributed by atoms with E-state index < -0.39 is 6.09 Å². The first-order chi connectivity index (χ1) is 13.0. The Morgan fingerprint density at radius 3 is 2.78 bits per heavy atom. The van der Waals surface area contributed by atoms with E-state index in [9.17, 15) is 4.79 Å². The van der Waals surface area contributed by atoms with Crippen molar-refractivity contribution in [2.45, 2.75) is 31.3 Å². The molecule has 2 aliphatic rings. The van der Waals surface area contributed by atoms with E-state index in [1.165, 1.54) is 16.8 Å². The van der Waals surface area contributed by atoms with Gasteiger partial charge in [-0.3, -0.25) is 4.90 Å². The fourth-order valence-corrected chi connectivity index (χ4v) is 4.76. The number of benzene rings is 2. The van der Waals surface area contributed by atoms with Gasteiger partial charge < -0.3 is 15.0 Å². The standard InChI is InChI=1S/C22H27N3O2/c1-22-12-14-25(13-11-16-7-5-4-6-8-16)20(22)24(3)19-10-9-17(15-18(19)22)27-21(26)23-2/h4-10,15,20H,11-14H2,1-3H3,(H,23,26)/t20?,22-/m0/s1. The van der Waals surface area contributed by atoms with E-state index in [1.807, 2.05) is 12.1 Å². The summed E-state index contributed by atoms with van der Waals surface area (Å²) in [4.78, 5) is 16.5. The molecule has 4 rings (SSSR count). The fourth-order valence-electron chi connectivity index (χ4n) is 4.76. The van der Waals surface area contributed by atoms with Crippen LogP contribution in [0, 0.1) is 0 Å². The molecule has 0 spiro atoms. The zero-order valence-corrected chi connectivity index (χ0v) is 16.2. The Morgan fingerprint density at radius 1 is 1.26 bits per heavy atom. The van der Waals surface area contributed by atoms with Crippen LogP contribution >= 0.6 is 0 Å². The summed E-state index contributed by atoms with van der Waals surface area (Å²) in [5.41, 5.74) is 3.93. The molecule has 2 aromatic rings. The Hall–Kier alpha value is -2.53. The molecule has 2 aromatic carbocycles. The van der Waals surface area contributed by atoms with Gasteiger partial charge in [0.15, 0.2) is 0 Å². The second-order valence-electron chi connectivity index (χ2n) is 7.74. The molecule has 142 valence electrons. The van der Waals surface area contributed by atoms with Crippen LogP contribution in [0.1, 0.15) is 24.5 Å². The number of carbonyl (C=O) groups excluding carboxylic acids is 1. The minimum atomic E-state index is -0.432. The van der Waals surface area contributed by atoms with Crippen molar-refractivity contribution in [1.82, 2.24) is 10.2 Å². The number of ether oxygens (including phenoxy) is 1. The summed E-state index contributed by atoms with van der Waals surface area (Å²) < 4.78 is 5.37. The maximum atomic E-state index is 11.6. The van der Waals surface area contributed by atoms with Crippen LogP contribution in [0.2, 0.25) is 0 Å². The summed E-state index contributed by atoms with van der Waals surface area (Å²) in [7, 11) is 3.75. The molecule has 0 bridgehead atoms. The number of anilines is 1. The van der Waals surface area contributed by atoms with Crippen molar-refractivity contribution in [3.8, 4) is 5.75 Å². The van der Waals surface area contributed by atoms with Gasteiger partial charge in [0.2, 0.25) is 0 Å². The minimum absolute atomic E-state index is 0.0445. The highest BCUT2D eigenvalue weighted by atomic mass is 16.5. The molecule has 5 nitrogen and oxygen atoms in total. The fraction of sp³-hybridized carbons (Fsp3) is 0.409. The third-order valence-electron chi connectivity index (χ3n) is 6.11. The van der Waals surface area contributed by atoms with E-state index in [2.05, 4.69) is 65.5 Å². The third kappa shape index (κ3) is 3.06. The molecule has 0 radical (unpaired) electrons. The molecule has 5 heteroatoms. The van der Waals surface area contributed by atoms with Gasteiger partial charge in [-0.15, -0.1) is 0 Å². The number of hydrogen-bond acceptors (Lipinski definition) is 4. The number of rotatable bonds is 4. The Morgan fingerprint density at radius 2 is 2.04 bits per heavy atom. The highest BCUT2D eigenvalue weighted by Crippen LogP contribution is 2.52. The van der Waals surface area contributed by atoms with Gasteiger partial charge in [-0.1, -0.05) is 37.3 Å². The van der Waals surface area contributed by atoms with Crippen molar-refractivity contribution in [3.63, 3.8) is 0 Å². The van der Waals surface area contributed by atoms with E-state index in [1.54, 1.807) is 7.05 Å². The van der Waals surface area contributed by atoms with E-state index in [-0.39, 0.29) is 5.41 Å².